The summed E-state index contributed by atoms with van der Waals surface area (Å²) in [5, 5.41) is 9.18. The summed E-state index contributed by atoms with van der Waals surface area (Å²) < 4.78 is 0. The lowest BCUT2D eigenvalue weighted by atomic mass is 9.95. The first kappa shape index (κ1) is 9.49. The number of nitrogens with zero attached hydrogens (tertiary/aromatic N) is 1. The van der Waals surface area contributed by atoms with Crippen molar-refractivity contribution < 1.29 is 5.11 Å². The molecule has 0 amide bonds. The molecule has 3 N–H and O–H groups in total. The van der Waals surface area contributed by atoms with Gasteiger partial charge in [0.2, 0.25) is 0 Å². The first-order chi connectivity index (χ1) is 6.66. The average Bonchev–Trinajstić information content (AvgIpc) is 2.47. The van der Waals surface area contributed by atoms with Crippen LogP contribution in [0.3, 0.4) is 0 Å². The van der Waals surface area contributed by atoms with E-state index in [4.69, 9.17) is 5.73 Å². The van der Waals surface area contributed by atoms with Crippen molar-refractivity contribution in [1.29, 1.82) is 0 Å². The molecule has 1 heterocycles. The molecule has 1 aromatic rings. The second-order valence-electron chi connectivity index (χ2n) is 4.08. The first-order valence-corrected chi connectivity index (χ1v) is 4.90. The molecule has 1 aromatic carbocycles. The van der Waals surface area contributed by atoms with Crippen molar-refractivity contribution in [3.8, 4) is 5.75 Å². The number of phenols is 1. The Morgan fingerprint density at radius 2 is 1.93 bits per heavy atom. The third kappa shape index (κ3) is 1.74. The maximum Gasteiger partial charge on any atom is 0.115 e. The number of rotatable bonds is 1. The van der Waals surface area contributed by atoms with E-state index in [1.54, 1.807) is 12.1 Å². The number of phenolic OH excluding ortho intramolecular Hbond substituents is 1. The Hall–Kier alpha value is -1.06. The molecule has 1 aliphatic rings. The predicted octanol–water partition coefficient (Wildman–Crippen LogP) is 0.748. The Bertz CT molecular complexity index is 310. The molecule has 14 heavy (non-hydrogen) atoms. The summed E-state index contributed by atoms with van der Waals surface area (Å²) >= 11 is 0. The summed E-state index contributed by atoms with van der Waals surface area (Å²) in [5.74, 6) is 0.717. The van der Waals surface area contributed by atoms with Crippen LogP contribution in [-0.4, -0.2) is 36.2 Å². The van der Waals surface area contributed by atoms with Gasteiger partial charge in [-0.15, -0.1) is 0 Å². The van der Waals surface area contributed by atoms with Gasteiger partial charge in [-0.2, -0.15) is 0 Å². The number of nitrogens with two attached hydrogens (primary N) is 1. The number of likely N-dealkylation sites (tertiary alicyclic amines) is 1. The molecule has 0 saturated carbocycles. The normalized spacial score (nSPS) is 28.1. The topological polar surface area (TPSA) is 49.5 Å². The van der Waals surface area contributed by atoms with Gasteiger partial charge in [0.25, 0.3) is 0 Å². The number of aromatic hydroxyl groups is 1. The largest absolute Gasteiger partial charge is 0.508 e. The van der Waals surface area contributed by atoms with Crippen molar-refractivity contribution in [2.45, 2.75) is 12.0 Å². The summed E-state index contributed by atoms with van der Waals surface area (Å²) in [7, 11) is 2.08. The van der Waals surface area contributed by atoms with Crippen molar-refractivity contribution in [2.75, 3.05) is 20.1 Å². The van der Waals surface area contributed by atoms with E-state index < -0.39 is 0 Å². The monoisotopic (exact) mass is 192 g/mol. The standard InChI is InChI=1S/C11H16N2O/c1-13-6-10(11(12)7-13)8-2-4-9(14)5-3-8/h2-5,10-11,14H,6-7,12H2,1H3. The van der Waals surface area contributed by atoms with E-state index in [0.717, 1.165) is 13.1 Å². The van der Waals surface area contributed by atoms with Gasteiger partial charge in [-0.1, -0.05) is 12.1 Å². The van der Waals surface area contributed by atoms with Crippen LogP contribution in [0.1, 0.15) is 11.5 Å². The molecular weight excluding hydrogens is 176 g/mol. The van der Waals surface area contributed by atoms with Crippen LogP contribution in [0.2, 0.25) is 0 Å². The molecule has 2 atom stereocenters. The van der Waals surface area contributed by atoms with Gasteiger partial charge in [0.05, 0.1) is 0 Å². The second-order valence-corrected chi connectivity index (χ2v) is 4.08. The van der Waals surface area contributed by atoms with E-state index in [1.165, 1.54) is 5.56 Å². The zero-order valence-corrected chi connectivity index (χ0v) is 8.35. The quantitative estimate of drug-likeness (QED) is 0.690. The highest BCUT2D eigenvalue weighted by Gasteiger charge is 2.28. The summed E-state index contributed by atoms with van der Waals surface area (Å²) in [6, 6.07) is 7.57. The fourth-order valence-corrected chi connectivity index (χ4v) is 2.11. The average molecular weight is 192 g/mol. The summed E-state index contributed by atoms with van der Waals surface area (Å²) in [5.41, 5.74) is 7.26. The van der Waals surface area contributed by atoms with Gasteiger partial charge >= 0.3 is 0 Å². The van der Waals surface area contributed by atoms with Crippen molar-refractivity contribution in [2.24, 2.45) is 5.73 Å². The highest BCUT2D eigenvalue weighted by Crippen LogP contribution is 2.26. The third-order valence-electron chi connectivity index (χ3n) is 2.87. The fraction of sp³-hybridized carbons (Fsp3) is 0.455. The molecule has 2 rings (SSSR count). The van der Waals surface area contributed by atoms with E-state index in [2.05, 4.69) is 11.9 Å². The molecule has 0 aliphatic carbocycles. The minimum absolute atomic E-state index is 0.213. The smallest absolute Gasteiger partial charge is 0.115 e. The van der Waals surface area contributed by atoms with Crippen LogP contribution in [0, 0.1) is 0 Å². The Balaban J connectivity index is 2.19. The minimum Gasteiger partial charge on any atom is -0.508 e. The number of likely N-dealkylation sites (N-methyl/N-ethyl adjacent to an activating group) is 1. The van der Waals surface area contributed by atoms with Crippen LogP contribution in [0.5, 0.6) is 5.75 Å². The second kappa shape index (κ2) is 3.59. The molecule has 1 saturated heterocycles. The molecule has 0 spiro atoms. The van der Waals surface area contributed by atoms with Crippen molar-refractivity contribution in [1.82, 2.24) is 4.90 Å². The van der Waals surface area contributed by atoms with E-state index in [1.807, 2.05) is 12.1 Å². The highest BCUT2D eigenvalue weighted by atomic mass is 16.3. The van der Waals surface area contributed by atoms with Gasteiger partial charge in [-0.25, -0.2) is 0 Å². The molecule has 76 valence electrons. The van der Waals surface area contributed by atoms with Gasteiger partial charge in [0.1, 0.15) is 5.75 Å². The zero-order valence-electron chi connectivity index (χ0n) is 8.35. The Morgan fingerprint density at radius 3 is 2.43 bits per heavy atom. The maximum atomic E-state index is 9.18. The fourth-order valence-electron chi connectivity index (χ4n) is 2.11. The summed E-state index contributed by atoms with van der Waals surface area (Å²) in [6.45, 7) is 1.96. The SMILES string of the molecule is CN1CC(N)C(c2ccc(O)cc2)C1. The van der Waals surface area contributed by atoms with Crippen LogP contribution in [0.15, 0.2) is 24.3 Å². The van der Waals surface area contributed by atoms with E-state index in [9.17, 15) is 5.11 Å². The van der Waals surface area contributed by atoms with Gasteiger partial charge in [0, 0.05) is 25.0 Å². The number of benzene rings is 1. The molecular formula is C11H16N2O. The van der Waals surface area contributed by atoms with Gasteiger partial charge < -0.3 is 15.7 Å². The lowest BCUT2D eigenvalue weighted by Gasteiger charge is -2.14. The van der Waals surface area contributed by atoms with Crippen molar-refractivity contribution >= 4 is 0 Å². The van der Waals surface area contributed by atoms with Crippen LogP contribution in [0.25, 0.3) is 0 Å². The molecule has 0 bridgehead atoms. The van der Waals surface area contributed by atoms with E-state index in [-0.39, 0.29) is 6.04 Å². The van der Waals surface area contributed by atoms with Crippen LogP contribution < -0.4 is 5.73 Å². The minimum atomic E-state index is 0.213. The predicted molar refractivity (Wildman–Crippen MR) is 56.3 cm³/mol. The molecule has 0 aromatic heterocycles. The Labute approximate surface area is 84.1 Å². The van der Waals surface area contributed by atoms with Crippen LogP contribution in [-0.2, 0) is 0 Å². The highest BCUT2D eigenvalue weighted by molar-refractivity contribution is 5.30. The Morgan fingerprint density at radius 1 is 1.29 bits per heavy atom. The Kier molecular flexibility index (Phi) is 2.44. The third-order valence-corrected chi connectivity index (χ3v) is 2.87. The van der Waals surface area contributed by atoms with Crippen LogP contribution >= 0.6 is 0 Å². The van der Waals surface area contributed by atoms with E-state index in [0.29, 0.717) is 11.7 Å². The molecule has 2 unspecified atom stereocenters. The molecule has 1 aliphatic heterocycles. The molecule has 0 radical (unpaired) electrons. The van der Waals surface area contributed by atoms with Gasteiger partial charge in [0.15, 0.2) is 0 Å². The van der Waals surface area contributed by atoms with Crippen molar-refractivity contribution in [3.63, 3.8) is 0 Å². The zero-order chi connectivity index (χ0) is 10.1. The first-order valence-electron chi connectivity index (χ1n) is 4.90. The molecule has 1 fully saturated rings. The van der Waals surface area contributed by atoms with Crippen LogP contribution in [0.4, 0.5) is 0 Å². The lowest BCUT2D eigenvalue weighted by Crippen LogP contribution is -2.27. The van der Waals surface area contributed by atoms with E-state index >= 15 is 0 Å². The van der Waals surface area contributed by atoms with Gasteiger partial charge in [-0.3, -0.25) is 0 Å². The summed E-state index contributed by atoms with van der Waals surface area (Å²) in [4.78, 5) is 2.24. The summed E-state index contributed by atoms with van der Waals surface area (Å²) in [6.07, 6.45) is 0. The maximum absolute atomic E-state index is 9.18. The van der Waals surface area contributed by atoms with Crippen molar-refractivity contribution in [3.05, 3.63) is 29.8 Å². The molecule has 3 heteroatoms. The lowest BCUT2D eigenvalue weighted by molar-refractivity contribution is 0.407. The molecule has 3 nitrogen and oxygen atoms in total. The van der Waals surface area contributed by atoms with Gasteiger partial charge in [-0.05, 0) is 24.7 Å². The number of hydrogen-bond acceptors (Lipinski definition) is 3. The number of hydrogen-bond donors (Lipinski definition) is 2.